The van der Waals surface area contributed by atoms with E-state index in [2.05, 4.69) is 10.5 Å². The lowest BCUT2D eigenvalue weighted by molar-refractivity contribution is -0.118. The number of carbonyl (C=O) groups is 1. The number of carbonyl (C=O) groups excluding carboxylic acids is 1. The molecule has 1 amide bonds. The van der Waals surface area contributed by atoms with Gasteiger partial charge in [-0.25, -0.2) is 0 Å². The molecule has 30 heavy (non-hydrogen) atoms. The molecule has 1 saturated carbocycles. The summed E-state index contributed by atoms with van der Waals surface area (Å²) in [6.07, 6.45) is 1.43. The van der Waals surface area contributed by atoms with Gasteiger partial charge < -0.3 is 24.1 Å². The van der Waals surface area contributed by atoms with Crippen LogP contribution in [0, 0.1) is 6.92 Å². The Balaban J connectivity index is 1.59. The Hall–Kier alpha value is -3.48. The fourth-order valence-corrected chi connectivity index (χ4v) is 3.51. The van der Waals surface area contributed by atoms with Gasteiger partial charge in [-0.1, -0.05) is 11.2 Å². The molecule has 0 atom stereocenters. The minimum absolute atomic E-state index is 0.112. The third-order valence-corrected chi connectivity index (χ3v) is 5.46. The van der Waals surface area contributed by atoms with Gasteiger partial charge in [0, 0.05) is 11.6 Å². The number of rotatable bonds is 7. The van der Waals surface area contributed by atoms with Crippen molar-refractivity contribution in [1.82, 2.24) is 5.16 Å². The molecule has 7 nitrogen and oxygen atoms in total. The number of aromatic nitrogens is 1. The third kappa shape index (κ3) is 3.47. The second-order valence-electron chi connectivity index (χ2n) is 7.39. The summed E-state index contributed by atoms with van der Waals surface area (Å²) in [6, 6.07) is 13.0. The molecule has 1 fully saturated rings. The fourth-order valence-electron chi connectivity index (χ4n) is 3.51. The smallest absolute Gasteiger partial charge is 0.236 e. The average Bonchev–Trinajstić information content (AvgIpc) is 3.43. The number of anilines is 1. The SMILES string of the molecule is COc1ccc(C)cc1NC(=O)C1(c2cc(-c3ccc(OC)c(OC)c3)on2)CC1. The van der Waals surface area contributed by atoms with Gasteiger partial charge in [0.05, 0.1) is 38.1 Å². The largest absolute Gasteiger partial charge is 0.495 e. The topological polar surface area (TPSA) is 82.8 Å². The van der Waals surface area contributed by atoms with Crippen molar-refractivity contribution in [2.75, 3.05) is 26.6 Å². The molecule has 0 unspecified atom stereocenters. The number of aryl methyl sites for hydroxylation is 1. The van der Waals surface area contributed by atoms with Gasteiger partial charge in [0.25, 0.3) is 0 Å². The zero-order valence-corrected chi connectivity index (χ0v) is 17.4. The zero-order valence-electron chi connectivity index (χ0n) is 17.4. The second kappa shape index (κ2) is 7.74. The summed E-state index contributed by atoms with van der Waals surface area (Å²) < 4.78 is 21.6. The van der Waals surface area contributed by atoms with Gasteiger partial charge in [-0.3, -0.25) is 4.79 Å². The summed E-state index contributed by atoms with van der Waals surface area (Å²) in [6.45, 7) is 1.97. The third-order valence-electron chi connectivity index (χ3n) is 5.46. The lowest BCUT2D eigenvalue weighted by Gasteiger charge is -2.15. The summed E-state index contributed by atoms with van der Waals surface area (Å²) in [5, 5.41) is 7.21. The van der Waals surface area contributed by atoms with Crippen molar-refractivity contribution < 1.29 is 23.5 Å². The van der Waals surface area contributed by atoms with Crippen LogP contribution in [0.1, 0.15) is 24.1 Å². The minimum atomic E-state index is -0.687. The van der Waals surface area contributed by atoms with E-state index in [1.165, 1.54) is 0 Å². The number of hydrogen-bond donors (Lipinski definition) is 1. The Morgan fingerprint density at radius 3 is 2.33 bits per heavy atom. The Morgan fingerprint density at radius 1 is 0.967 bits per heavy atom. The molecule has 3 aromatic rings. The van der Waals surface area contributed by atoms with Gasteiger partial charge in [-0.15, -0.1) is 0 Å². The Labute approximate surface area is 174 Å². The van der Waals surface area contributed by atoms with E-state index in [0.717, 1.165) is 11.1 Å². The predicted molar refractivity (Wildman–Crippen MR) is 112 cm³/mol. The highest BCUT2D eigenvalue weighted by Gasteiger charge is 2.54. The average molecular weight is 408 g/mol. The summed E-state index contributed by atoms with van der Waals surface area (Å²) >= 11 is 0. The molecule has 0 saturated heterocycles. The first kappa shape index (κ1) is 19.8. The van der Waals surface area contributed by atoms with E-state index in [0.29, 0.717) is 47.2 Å². The molecule has 1 N–H and O–H groups in total. The zero-order chi connectivity index (χ0) is 21.3. The van der Waals surface area contributed by atoms with Crippen LogP contribution in [-0.2, 0) is 10.2 Å². The van der Waals surface area contributed by atoms with Crippen LogP contribution in [0.5, 0.6) is 17.2 Å². The van der Waals surface area contributed by atoms with Crippen LogP contribution in [0.25, 0.3) is 11.3 Å². The first-order valence-corrected chi connectivity index (χ1v) is 9.66. The number of hydrogen-bond acceptors (Lipinski definition) is 6. The molecule has 156 valence electrons. The lowest BCUT2D eigenvalue weighted by atomic mass is 10.00. The highest BCUT2D eigenvalue weighted by molar-refractivity contribution is 6.02. The van der Waals surface area contributed by atoms with Crippen molar-refractivity contribution in [2.45, 2.75) is 25.2 Å². The number of amides is 1. The number of nitrogens with zero attached hydrogens (tertiary/aromatic N) is 1. The minimum Gasteiger partial charge on any atom is -0.495 e. The normalized spacial score (nSPS) is 14.1. The maximum absolute atomic E-state index is 13.1. The van der Waals surface area contributed by atoms with E-state index in [1.807, 2.05) is 43.3 Å². The number of benzene rings is 2. The maximum atomic E-state index is 13.1. The van der Waals surface area contributed by atoms with Crippen LogP contribution in [0.3, 0.4) is 0 Å². The van der Waals surface area contributed by atoms with Crippen molar-refractivity contribution in [3.8, 4) is 28.6 Å². The van der Waals surface area contributed by atoms with Crippen molar-refractivity contribution >= 4 is 11.6 Å². The van der Waals surface area contributed by atoms with E-state index in [9.17, 15) is 4.79 Å². The van der Waals surface area contributed by atoms with Crippen LogP contribution >= 0.6 is 0 Å². The predicted octanol–water partition coefficient (Wildman–Crippen LogP) is 4.35. The van der Waals surface area contributed by atoms with Gasteiger partial charge in [0.1, 0.15) is 5.75 Å². The molecular weight excluding hydrogens is 384 g/mol. The molecule has 2 aromatic carbocycles. The number of ether oxygens (including phenoxy) is 3. The molecule has 1 aliphatic carbocycles. The van der Waals surface area contributed by atoms with Gasteiger partial charge in [0.15, 0.2) is 17.3 Å². The van der Waals surface area contributed by atoms with Crippen molar-refractivity contribution in [2.24, 2.45) is 0 Å². The first-order chi connectivity index (χ1) is 14.5. The summed E-state index contributed by atoms with van der Waals surface area (Å²) in [4.78, 5) is 13.1. The molecule has 0 radical (unpaired) electrons. The molecule has 0 bridgehead atoms. The number of nitrogens with one attached hydrogen (secondary N) is 1. The Morgan fingerprint density at radius 2 is 1.67 bits per heavy atom. The second-order valence-corrected chi connectivity index (χ2v) is 7.39. The highest BCUT2D eigenvalue weighted by atomic mass is 16.5. The van der Waals surface area contributed by atoms with E-state index in [4.69, 9.17) is 18.7 Å². The van der Waals surface area contributed by atoms with Crippen molar-refractivity contribution in [3.63, 3.8) is 0 Å². The van der Waals surface area contributed by atoms with E-state index in [-0.39, 0.29) is 5.91 Å². The molecule has 7 heteroatoms. The maximum Gasteiger partial charge on any atom is 0.236 e. The van der Waals surface area contributed by atoms with Crippen LogP contribution in [-0.4, -0.2) is 32.4 Å². The summed E-state index contributed by atoms with van der Waals surface area (Å²) in [5.74, 6) is 2.30. The Bertz CT molecular complexity index is 1080. The van der Waals surface area contributed by atoms with Crippen LogP contribution in [0.4, 0.5) is 5.69 Å². The van der Waals surface area contributed by atoms with Crippen LogP contribution in [0.2, 0.25) is 0 Å². The highest BCUT2D eigenvalue weighted by Crippen LogP contribution is 2.49. The van der Waals surface area contributed by atoms with Crippen LogP contribution in [0.15, 0.2) is 47.0 Å². The van der Waals surface area contributed by atoms with Gasteiger partial charge in [0.2, 0.25) is 5.91 Å². The fraction of sp³-hybridized carbons (Fsp3) is 0.304. The monoisotopic (exact) mass is 408 g/mol. The molecule has 1 heterocycles. The quantitative estimate of drug-likeness (QED) is 0.626. The molecular formula is C23H24N2O5. The first-order valence-electron chi connectivity index (χ1n) is 9.66. The van der Waals surface area contributed by atoms with Gasteiger partial charge in [-0.2, -0.15) is 0 Å². The van der Waals surface area contributed by atoms with E-state index >= 15 is 0 Å². The standard InChI is InChI=1S/C23H24N2O5/c1-14-5-7-17(27-2)16(11-14)24-22(26)23(9-10-23)21-13-19(30-25-21)15-6-8-18(28-3)20(12-15)29-4/h5-8,11-13H,9-10H2,1-4H3,(H,24,26). The molecule has 1 aliphatic rings. The molecule has 4 rings (SSSR count). The van der Waals surface area contributed by atoms with Gasteiger partial charge in [-0.05, 0) is 55.7 Å². The molecule has 0 spiro atoms. The van der Waals surface area contributed by atoms with E-state index in [1.54, 1.807) is 27.4 Å². The molecule has 1 aromatic heterocycles. The van der Waals surface area contributed by atoms with Crippen molar-refractivity contribution in [3.05, 3.63) is 53.7 Å². The Kier molecular flexibility index (Phi) is 5.11. The van der Waals surface area contributed by atoms with E-state index < -0.39 is 5.41 Å². The summed E-state index contributed by atoms with van der Waals surface area (Å²) in [5.41, 5.74) is 2.41. The van der Waals surface area contributed by atoms with Crippen LogP contribution < -0.4 is 19.5 Å². The van der Waals surface area contributed by atoms with Crippen molar-refractivity contribution in [1.29, 1.82) is 0 Å². The number of methoxy groups -OCH3 is 3. The van der Waals surface area contributed by atoms with Gasteiger partial charge >= 0.3 is 0 Å². The summed E-state index contributed by atoms with van der Waals surface area (Å²) in [7, 11) is 4.75. The molecule has 0 aliphatic heterocycles. The lowest BCUT2D eigenvalue weighted by Crippen LogP contribution is -2.28.